The molecule has 2 heterocycles. The number of rotatable bonds is 9. The van der Waals surface area contributed by atoms with Gasteiger partial charge in [0.1, 0.15) is 30.3 Å². The second-order valence-electron chi connectivity index (χ2n) is 11.1. The molecule has 1 N–H and O–H groups in total. The molecule has 216 valence electrons. The van der Waals surface area contributed by atoms with Crippen molar-refractivity contribution < 1.29 is 23.7 Å². The molecule has 1 aliphatic heterocycles. The van der Waals surface area contributed by atoms with Crippen molar-refractivity contribution in [3.8, 4) is 11.5 Å². The maximum atomic E-state index is 12.8. The highest BCUT2D eigenvalue weighted by molar-refractivity contribution is 9.10. The van der Waals surface area contributed by atoms with Crippen LogP contribution in [0.5, 0.6) is 11.5 Å². The lowest BCUT2D eigenvalue weighted by Gasteiger charge is -2.25. The highest BCUT2D eigenvalue weighted by Crippen LogP contribution is 2.34. The maximum absolute atomic E-state index is 12.8. The van der Waals surface area contributed by atoms with Crippen molar-refractivity contribution in [2.75, 3.05) is 13.2 Å². The standard InChI is InChI=1S/C32H36BrN3O5/c1-32(2,3)41-31(37)35-27(23-12-14-25(15-13-23)39-20-22-9-5-4-6-10-22)21-40-29-18-28-24(17-26(29)33)19-34-36(28)30-11-7-8-16-38-30/h4-6,9-10,12-15,17-19,27,30H,7-8,11,16,20-21H2,1-3H3,(H,35,37)/t27-,30?/m0/s1. The van der Waals surface area contributed by atoms with Gasteiger partial charge < -0.3 is 24.3 Å². The summed E-state index contributed by atoms with van der Waals surface area (Å²) in [6.07, 6.45) is 4.35. The molecule has 1 saturated heterocycles. The molecule has 4 aromatic rings. The van der Waals surface area contributed by atoms with E-state index in [0.29, 0.717) is 12.4 Å². The fourth-order valence-corrected chi connectivity index (χ4v) is 5.16. The first-order valence-corrected chi connectivity index (χ1v) is 14.7. The van der Waals surface area contributed by atoms with Crippen LogP contribution >= 0.6 is 15.9 Å². The molecule has 0 bridgehead atoms. The van der Waals surface area contributed by atoms with Gasteiger partial charge in [0.05, 0.1) is 22.2 Å². The Bertz CT molecular complexity index is 1440. The summed E-state index contributed by atoms with van der Waals surface area (Å²) in [7, 11) is 0. The summed E-state index contributed by atoms with van der Waals surface area (Å²) >= 11 is 3.64. The van der Waals surface area contributed by atoms with Gasteiger partial charge >= 0.3 is 6.09 Å². The SMILES string of the molecule is CC(C)(C)OC(=O)N[C@@H](COc1cc2c(cnn2C2CCCCO2)cc1Br)c1ccc(OCc2ccccc2)cc1. The fourth-order valence-electron chi connectivity index (χ4n) is 4.68. The van der Waals surface area contributed by atoms with Crippen molar-refractivity contribution in [3.63, 3.8) is 0 Å². The molecule has 1 aliphatic rings. The van der Waals surface area contributed by atoms with E-state index in [0.717, 1.165) is 58.1 Å². The van der Waals surface area contributed by atoms with Gasteiger partial charge in [0, 0.05) is 18.1 Å². The summed E-state index contributed by atoms with van der Waals surface area (Å²) in [6, 6.07) is 21.1. The topological polar surface area (TPSA) is 83.8 Å². The highest BCUT2D eigenvalue weighted by Gasteiger charge is 2.23. The van der Waals surface area contributed by atoms with Crippen molar-refractivity contribution in [2.24, 2.45) is 0 Å². The highest BCUT2D eigenvalue weighted by atomic mass is 79.9. The largest absolute Gasteiger partial charge is 0.490 e. The number of benzene rings is 3. The van der Waals surface area contributed by atoms with Crippen LogP contribution in [0, 0.1) is 0 Å². The van der Waals surface area contributed by atoms with E-state index in [1.807, 2.05) is 98.4 Å². The van der Waals surface area contributed by atoms with Gasteiger partial charge in [-0.3, -0.25) is 0 Å². The summed E-state index contributed by atoms with van der Waals surface area (Å²) in [5.41, 5.74) is 2.26. The van der Waals surface area contributed by atoms with Crippen LogP contribution in [0.4, 0.5) is 4.79 Å². The van der Waals surface area contributed by atoms with Crippen LogP contribution in [-0.4, -0.2) is 34.7 Å². The molecule has 0 spiro atoms. The Morgan fingerprint density at radius 1 is 1.10 bits per heavy atom. The lowest BCUT2D eigenvalue weighted by atomic mass is 10.1. The summed E-state index contributed by atoms with van der Waals surface area (Å²) < 4.78 is 26.5. The van der Waals surface area contributed by atoms with Crippen LogP contribution < -0.4 is 14.8 Å². The molecule has 9 heteroatoms. The Morgan fingerprint density at radius 3 is 2.59 bits per heavy atom. The Labute approximate surface area is 249 Å². The first kappa shape index (κ1) is 29.0. The number of carbonyl (C=O) groups is 1. The van der Waals surface area contributed by atoms with Crippen molar-refractivity contribution in [1.29, 1.82) is 0 Å². The van der Waals surface area contributed by atoms with Crippen LogP contribution in [-0.2, 0) is 16.1 Å². The van der Waals surface area contributed by atoms with Gasteiger partial charge in [-0.15, -0.1) is 0 Å². The van der Waals surface area contributed by atoms with E-state index in [9.17, 15) is 4.79 Å². The second kappa shape index (κ2) is 13.0. The zero-order valence-corrected chi connectivity index (χ0v) is 25.2. The van der Waals surface area contributed by atoms with Crippen LogP contribution in [0.25, 0.3) is 10.9 Å². The summed E-state index contributed by atoms with van der Waals surface area (Å²) in [4.78, 5) is 12.8. The number of halogens is 1. The van der Waals surface area contributed by atoms with Crippen LogP contribution in [0.15, 0.2) is 77.4 Å². The predicted octanol–water partition coefficient (Wildman–Crippen LogP) is 7.72. The minimum atomic E-state index is -0.627. The fraction of sp³-hybridized carbons (Fsp3) is 0.375. The zero-order chi connectivity index (χ0) is 28.8. The molecule has 8 nitrogen and oxygen atoms in total. The Kier molecular flexibility index (Phi) is 9.15. The first-order valence-electron chi connectivity index (χ1n) is 13.9. The van der Waals surface area contributed by atoms with Gasteiger partial charge in [-0.05, 0) is 85.3 Å². The number of alkyl carbamates (subject to hydrolysis) is 1. The van der Waals surface area contributed by atoms with Gasteiger partial charge in [-0.1, -0.05) is 42.5 Å². The van der Waals surface area contributed by atoms with E-state index < -0.39 is 17.7 Å². The first-order chi connectivity index (χ1) is 19.7. The Morgan fingerprint density at radius 2 is 1.88 bits per heavy atom. The number of aromatic nitrogens is 2. The average Bonchev–Trinajstić information content (AvgIpc) is 3.37. The number of hydrogen-bond donors (Lipinski definition) is 1. The third-order valence-electron chi connectivity index (χ3n) is 6.70. The molecular weight excluding hydrogens is 586 g/mol. The average molecular weight is 623 g/mol. The van der Waals surface area contributed by atoms with E-state index in [1.54, 1.807) is 0 Å². The second-order valence-corrected chi connectivity index (χ2v) is 12.0. The van der Waals surface area contributed by atoms with Crippen molar-refractivity contribution in [1.82, 2.24) is 15.1 Å². The molecule has 41 heavy (non-hydrogen) atoms. The summed E-state index contributed by atoms with van der Waals surface area (Å²) in [6.45, 7) is 6.90. The number of nitrogens with one attached hydrogen (secondary N) is 1. The molecular formula is C32H36BrN3O5. The molecule has 0 radical (unpaired) electrons. The minimum absolute atomic E-state index is 0.0838. The number of nitrogens with zero attached hydrogens (tertiary/aromatic N) is 2. The van der Waals surface area contributed by atoms with E-state index in [-0.39, 0.29) is 12.8 Å². The van der Waals surface area contributed by atoms with Gasteiger partial charge in [0.25, 0.3) is 0 Å². The minimum Gasteiger partial charge on any atom is -0.490 e. The number of amides is 1. The summed E-state index contributed by atoms with van der Waals surface area (Å²) in [5, 5.41) is 8.56. The van der Waals surface area contributed by atoms with Gasteiger partial charge in [-0.25, -0.2) is 9.48 Å². The molecule has 3 aromatic carbocycles. The third kappa shape index (κ3) is 7.80. The van der Waals surface area contributed by atoms with E-state index in [1.165, 1.54) is 0 Å². The van der Waals surface area contributed by atoms with Crippen LogP contribution in [0.3, 0.4) is 0 Å². The quantitative estimate of drug-likeness (QED) is 0.206. The lowest BCUT2D eigenvalue weighted by molar-refractivity contribution is -0.0366. The predicted molar refractivity (Wildman–Crippen MR) is 161 cm³/mol. The van der Waals surface area contributed by atoms with Crippen molar-refractivity contribution in [3.05, 3.63) is 88.5 Å². The van der Waals surface area contributed by atoms with Crippen molar-refractivity contribution >= 4 is 32.9 Å². The lowest BCUT2D eigenvalue weighted by Crippen LogP contribution is -2.37. The normalized spacial score (nSPS) is 16.2. The van der Waals surface area contributed by atoms with E-state index in [4.69, 9.17) is 18.9 Å². The number of carbonyl (C=O) groups excluding carboxylic acids is 1. The van der Waals surface area contributed by atoms with E-state index in [2.05, 4.69) is 26.3 Å². The third-order valence-corrected chi connectivity index (χ3v) is 7.32. The Hall–Kier alpha value is -3.56. The van der Waals surface area contributed by atoms with Crippen LogP contribution in [0.2, 0.25) is 0 Å². The molecule has 1 unspecified atom stereocenters. The number of hydrogen-bond acceptors (Lipinski definition) is 6. The molecule has 1 aromatic heterocycles. The molecule has 0 aliphatic carbocycles. The summed E-state index contributed by atoms with van der Waals surface area (Å²) in [5.74, 6) is 1.38. The molecule has 5 rings (SSSR count). The smallest absolute Gasteiger partial charge is 0.408 e. The Balaban J connectivity index is 1.33. The zero-order valence-electron chi connectivity index (χ0n) is 23.6. The molecule has 1 fully saturated rings. The molecule has 1 amide bonds. The number of ether oxygens (including phenoxy) is 4. The maximum Gasteiger partial charge on any atom is 0.408 e. The van der Waals surface area contributed by atoms with E-state index >= 15 is 0 Å². The van der Waals surface area contributed by atoms with Crippen molar-refractivity contribution in [2.45, 2.75) is 64.5 Å². The number of fused-ring (bicyclic) bond motifs is 1. The van der Waals surface area contributed by atoms with Crippen LogP contribution in [0.1, 0.15) is 63.4 Å². The monoisotopic (exact) mass is 621 g/mol. The van der Waals surface area contributed by atoms with Gasteiger partial charge in [-0.2, -0.15) is 5.10 Å². The molecule has 0 saturated carbocycles. The van der Waals surface area contributed by atoms with Gasteiger partial charge in [0.2, 0.25) is 0 Å². The molecule has 2 atom stereocenters. The van der Waals surface area contributed by atoms with Gasteiger partial charge in [0.15, 0.2) is 6.23 Å².